The van der Waals surface area contributed by atoms with Crippen LogP contribution in [-0.4, -0.2) is 35.8 Å². The molecule has 26 heavy (non-hydrogen) atoms. The standard InChI is InChI=1S/C13H9F13/c14-8(15,6-5-7-3-1-2-4-7)9(16,17)10(18,19)11(20,21)12(22,23)13(24,25)26/h1,3-4H,2,5-6H2. The smallest absolute Gasteiger partial charge is 0.200 e. The third-order valence-electron chi connectivity index (χ3n) is 3.57. The summed E-state index contributed by atoms with van der Waals surface area (Å²) in [5, 5.41) is 0. The summed E-state index contributed by atoms with van der Waals surface area (Å²) in [6, 6.07) is 0. The van der Waals surface area contributed by atoms with Crippen molar-refractivity contribution in [2.45, 2.75) is 55.1 Å². The molecule has 0 saturated carbocycles. The van der Waals surface area contributed by atoms with Crippen LogP contribution in [0.4, 0.5) is 57.1 Å². The second-order valence-corrected chi connectivity index (χ2v) is 5.42. The molecule has 0 radical (unpaired) electrons. The summed E-state index contributed by atoms with van der Waals surface area (Å²) >= 11 is 0. The van der Waals surface area contributed by atoms with Gasteiger partial charge in [0.1, 0.15) is 0 Å². The highest BCUT2D eigenvalue weighted by Gasteiger charge is 2.90. The van der Waals surface area contributed by atoms with Gasteiger partial charge in [0.2, 0.25) is 0 Å². The Kier molecular flexibility index (Phi) is 5.50. The maximum absolute atomic E-state index is 13.4. The van der Waals surface area contributed by atoms with E-state index in [0.29, 0.717) is 0 Å². The quantitative estimate of drug-likeness (QED) is 0.425. The van der Waals surface area contributed by atoms with E-state index >= 15 is 0 Å². The lowest BCUT2D eigenvalue weighted by molar-refractivity contribution is -0.440. The van der Waals surface area contributed by atoms with Gasteiger partial charge in [-0.25, -0.2) is 0 Å². The normalized spacial score (nSPS) is 17.7. The molecular weight excluding hydrogens is 403 g/mol. The molecule has 0 atom stereocenters. The molecule has 0 N–H and O–H groups in total. The van der Waals surface area contributed by atoms with Gasteiger partial charge in [-0.2, -0.15) is 57.1 Å². The summed E-state index contributed by atoms with van der Waals surface area (Å²) in [4.78, 5) is 0. The van der Waals surface area contributed by atoms with Crippen molar-refractivity contribution in [3.63, 3.8) is 0 Å². The molecule has 0 aromatic rings. The maximum Gasteiger partial charge on any atom is 0.460 e. The minimum atomic E-state index is -7.84. The molecule has 0 bridgehead atoms. The fourth-order valence-electron chi connectivity index (χ4n) is 1.95. The Morgan fingerprint density at radius 3 is 1.50 bits per heavy atom. The summed E-state index contributed by atoms with van der Waals surface area (Å²) < 4.78 is 167. The van der Waals surface area contributed by atoms with Crippen molar-refractivity contribution in [3.8, 4) is 0 Å². The van der Waals surface area contributed by atoms with Crippen LogP contribution < -0.4 is 0 Å². The maximum atomic E-state index is 13.4. The van der Waals surface area contributed by atoms with Crippen LogP contribution in [0, 0.1) is 0 Å². The number of hydrogen-bond acceptors (Lipinski definition) is 0. The van der Waals surface area contributed by atoms with Gasteiger partial charge in [0.05, 0.1) is 0 Å². The van der Waals surface area contributed by atoms with E-state index in [9.17, 15) is 57.1 Å². The molecule has 152 valence electrons. The van der Waals surface area contributed by atoms with Gasteiger partial charge in [0.15, 0.2) is 0 Å². The first-order valence-electron chi connectivity index (χ1n) is 6.64. The van der Waals surface area contributed by atoms with Gasteiger partial charge in [-0.3, -0.25) is 0 Å². The number of hydrogen-bond donors (Lipinski definition) is 0. The minimum Gasteiger partial charge on any atom is -0.200 e. The second-order valence-electron chi connectivity index (χ2n) is 5.42. The monoisotopic (exact) mass is 412 g/mol. The molecule has 0 heterocycles. The van der Waals surface area contributed by atoms with Crippen molar-refractivity contribution < 1.29 is 57.1 Å². The van der Waals surface area contributed by atoms with E-state index < -0.39 is 48.6 Å². The highest BCUT2D eigenvalue weighted by Crippen LogP contribution is 2.60. The molecule has 1 rings (SSSR count). The zero-order valence-electron chi connectivity index (χ0n) is 12.3. The third kappa shape index (κ3) is 3.28. The van der Waals surface area contributed by atoms with Gasteiger partial charge in [-0.05, 0) is 12.8 Å². The highest BCUT2D eigenvalue weighted by atomic mass is 19.4. The van der Waals surface area contributed by atoms with E-state index in [1.807, 2.05) is 0 Å². The van der Waals surface area contributed by atoms with Crippen molar-refractivity contribution in [1.29, 1.82) is 0 Å². The first-order valence-corrected chi connectivity index (χ1v) is 6.64. The molecule has 1 aliphatic rings. The van der Waals surface area contributed by atoms with Gasteiger partial charge >= 0.3 is 35.8 Å². The first-order chi connectivity index (χ1) is 11.3. The fourth-order valence-corrected chi connectivity index (χ4v) is 1.95. The van der Waals surface area contributed by atoms with Gasteiger partial charge in [0.25, 0.3) is 0 Å². The van der Waals surface area contributed by atoms with Crippen LogP contribution in [0.15, 0.2) is 23.8 Å². The number of allylic oxidation sites excluding steroid dienone is 4. The summed E-state index contributed by atoms with van der Waals surface area (Å²) in [5.74, 6) is -36.4. The number of rotatable bonds is 7. The van der Waals surface area contributed by atoms with Crippen LogP contribution in [0.1, 0.15) is 19.3 Å². The van der Waals surface area contributed by atoms with Gasteiger partial charge in [-0.1, -0.05) is 23.8 Å². The van der Waals surface area contributed by atoms with E-state index in [2.05, 4.69) is 0 Å². The summed E-state index contributed by atoms with van der Waals surface area (Å²) in [7, 11) is 0. The second kappa shape index (κ2) is 6.32. The molecule has 1 aliphatic carbocycles. The Bertz CT molecular complexity index is 579. The summed E-state index contributed by atoms with van der Waals surface area (Å²) in [6.07, 6.45) is -6.68. The largest absolute Gasteiger partial charge is 0.460 e. The lowest BCUT2D eigenvalue weighted by Crippen LogP contribution is -2.70. The van der Waals surface area contributed by atoms with E-state index in [1.165, 1.54) is 12.2 Å². The van der Waals surface area contributed by atoms with Crippen molar-refractivity contribution >= 4 is 0 Å². The molecular formula is C13H9F13. The Morgan fingerprint density at radius 1 is 0.654 bits per heavy atom. The number of alkyl halides is 13. The lowest BCUT2D eigenvalue weighted by atomic mass is 9.91. The SMILES string of the molecule is FC(F)(F)C(F)(F)C(F)(F)C(F)(F)C(F)(F)C(F)(F)CCC1=CCC=C1. The minimum absolute atomic E-state index is 0.0452. The van der Waals surface area contributed by atoms with Crippen LogP contribution in [0.25, 0.3) is 0 Å². The van der Waals surface area contributed by atoms with Crippen molar-refractivity contribution in [3.05, 3.63) is 23.8 Å². The van der Waals surface area contributed by atoms with Crippen molar-refractivity contribution in [2.75, 3.05) is 0 Å². The zero-order chi connectivity index (χ0) is 20.8. The molecule has 13 heteroatoms. The van der Waals surface area contributed by atoms with Crippen molar-refractivity contribution in [1.82, 2.24) is 0 Å². The zero-order valence-corrected chi connectivity index (χ0v) is 12.3. The molecule has 0 amide bonds. The van der Waals surface area contributed by atoms with Crippen LogP contribution in [0.3, 0.4) is 0 Å². The molecule has 0 nitrogen and oxygen atoms in total. The van der Waals surface area contributed by atoms with Crippen LogP contribution >= 0.6 is 0 Å². The molecule has 0 unspecified atom stereocenters. The molecule has 0 fully saturated rings. The highest BCUT2D eigenvalue weighted by molar-refractivity contribution is 5.26. The predicted octanol–water partition coefficient (Wildman–Crippen LogP) is 6.39. The van der Waals surface area contributed by atoms with Crippen LogP contribution in [-0.2, 0) is 0 Å². The first kappa shape index (κ1) is 22.6. The molecule has 0 spiro atoms. The van der Waals surface area contributed by atoms with E-state index in [0.717, 1.165) is 6.08 Å². The van der Waals surface area contributed by atoms with E-state index in [-0.39, 0.29) is 12.0 Å². The lowest BCUT2D eigenvalue weighted by Gasteiger charge is -2.39. The summed E-state index contributed by atoms with van der Waals surface area (Å²) in [6.45, 7) is 0. The average Bonchev–Trinajstić information content (AvgIpc) is 2.96. The Labute approximate surface area is 137 Å². The Morgan fingerprint density at radius 2 is 1.12 bits per heavy atom. The molecule has 0 aromatic carbocycles. The fraction of sp³-hybridized carbons (Fsp3) is 0.692. The molecule has 0 aliphatic heterocycles. The predicted molar refractivity (Wildman–Crippen MR) is 61.9 cm³/mol. The van der Waals surface area contributed by atoms with Gasteiger partial charge in [-0.15, -0.1) is 0 Å². The topological polar surface area (TPSA) is 0 Å². The Balaban J connectivity index is 3.22. The van der Waals surface area contributed by atoms with E-state index in [1.54, 1.807) is 0 Å². The summed E-state index contributed by atoms with van der Waals surface area (Å²) in [5.41, 5.74) is -0.0452. The third-order valence-corrected chi connectivity index (χ3v) is 3.57. The Hall–Kier alpha value is -1.43. The molecule has 0 saturated heterocycles. The average molecular weight is 412 g/mol. The number of halogens is 13. The van der Waals surface area contributed by atoms with E-state index in [4.69, 9.17) is 0 Å². The van der Waals surface area contributed by atoms with Gasteiger partial charge < -0.3 is 0 Å². The molecule has 0 aromatic heterocycles. The van der Waals surface area contributed by atoms with Crippen LogP contribution in [0.2, 0.25) is 0 Å². The van der Waals surface area contributed by atoms with Gasteiger partial charge in [0, 0.05) is 6.42 Å². The van der Waals surface area contributed by atoms with Crippen LogP contribution in [0.5, 0.6) is 0 Å². The van der Waals surface area contributed by atoms with Crippen molar-refractivity contribution in [2.24, 2.45) is 0 Å².